The Labute approximate surface area is 145 Å². The van der Waals surface area contributed by atoms with Crippen LogP contribution in [0.15, 0.2) is 55.1 Å². The summed E-state index contributed by atoms with van der Waals surface area (Å²) in [6, 6.07) is 10.6. The van der Waals surface area contributed by atoms with Crippen molar-refractivity contribution in [3.63, 3.8) is 0 Å². The van der Waals surface area contributed by atoms with Gasteiger partial charge in [-0.1, -0.05) is 62.2 Å². The Morgan fingerprint density at radius 1 is 1.17 bits per heavy atom. The van der Waals surface area contributed by atoms with Gasteiger partial charge in [0.2, 0.25) is 0 Å². The first-order valence-electron chi connectivity index (χ1n) is 8.69. The van der Waals surface area contributed by atoms with E-state index in [1.165, 1.54) is 43.4 Å². The van der Waals surface area contributed by atoms with Crippen LogP contribution in [0.25, 0.3) is 6.08 Å². The van der Waals surface area contributed by atoms with Crippen molar-refractivity contribution in [1.29, 1.82) is 0 Å². The molecule has 2 nitrogen and oxygen atoms in total. The largest absolute Gasteiger partial charge is 0.337 e. The Bertz CT molecular complexity index is 534. The molecule has 23 heavy (non-hydrogen) atoms. The zero-order valence-electron chi connectivity index (χ0n) is 14.1. The summed E-state index contributed by atoms with van der Waals surface area (Å²) in [4.78, 5) is 4.11. The number of aryl methyl sites for hydroxylation is 1. The first-order valence-corrected chi connectivity index (χ1v) is 9.74. The van der Waals surface area contributed by atoms with E-state index in [0.717, 1.165) is 6.54 Å². The second kappa shape index (κ2) is 11.1. The van der Waals surface area contributed by atoms with E-state index in [-0.39, 0.29) is 0 Å². The summed E-state index contributed by atoms with van der Waals surface area (Å²) in [7, 11) is 0. The summed E-state index contributed by atoms with van der Waals surface area (Å²) in [5.41, 5.74) is 1.29. The molecule has 124 valence electrons. The highest BCUT2D eigenvalue weighted by molar-refractivity contribution is 8.00. The molecule has 0 N–H and O–H groups in total. The Hall–Kier alpha value is -1.48. The molecule has 3 heteroatoms. The summed E-state index contributed by atoms with van der Waals surface area (Å²) in [5, 5.41) is 0.607. The third-order valence-electron chi connectivity index (χ3n) is 3.85. The highest BCUT2D eigenvalue weighted by atomic mass is 32.2. The van der Waals surface area contributed by atoms with Gasteiger partial charge in [0, 0.05) is 24.2 Å². The summed E-state index contributed by atoms with van der Waals surface area (Å²) in [6.45, 7) is 3.33. The van der Waals surface area contributed by atoms with E-state index in [4.69, 9.17) is 0 Å². The average Bonchev–Trinajstić information content (AvgIpc) is 3.10. The van der Waals surface area contributed by atoms with Crippen molar-refractivity contribution in [3.8, 4) is 0 Å². The number of benzene rings is 1. The molecule has 1 aromatic heterocycles. The molecule has 0 spiro atoms. The van der Waals surface area contributed by atoms with Crippen LogP contribution in [-0.4, -0.2) is 20.6 Å². The molecule has 1 atom stereocenters. The number of aromatic nitrogens is 2. The van der Waals surface area contributed by atoms with E-state index in [2.05, 4.69) is 70.7 Å². The van der Waals surface area contributed by atoms with Crippen molar-refractivity contribution in [1.82, 2.24) is 9.55 Å². The molecule has 1 heterocycles. The molecule has 0 fully saturated rings. The fraction of sp³-hybridized carbons (Fsp3) is 0.450. The number of thioether (sulfide) groups is 1. The van der Waals surface area contributed by atoms with Gasteiger partial charge in [0.05, 0.1) is 6.33 Å². The van der Waals surface area contributed by atoms with Gasteiger partial charge in [0.25, 0.3) is 0 Å². The van der Waals surface area contributed by atoms with Gasteiger partial charge in [0.1, 0.15) is 0 Å². The molecule has 0 radical (unpaired) electrons. The van der Waals surface area contributed by atoms with Crippen molar-refractivity contribution < 1.29 is 0 Å². The number of hydrogen-bond acceptors (Lipinski definition) is 2. The maximum Gasteiger partial charge on any atom is 0.0945 e. The number of nitrogens with zero attached hydrogens (tertiary/aromatic N) is 2. The predicted octanol–water partition coefficient (Wildman–Crippen LogP) is 5.67. The van der Waals surface area contributed by atoms with Crippen LogP contribution in [-0.2, 0) is 6.54 Å². The lowest BCUT2D eigenvalue weighted by Gasteiger charge is -2.13. The lowest BCUT2D eigenvalue weighted by atomic mass is 10.1. The van der Waals surface area contributed by atoms with E-state index >= 15 is 0 Å². The minimum Gasteiger partial charge on any atom is -0.337 e. The van der Waals surface area contributed by atoms with Crippen molar-refractivity contribution in [2.24, 2.45) is 0 Å². The number of hydrogen-bond donors (Lipinski definition) is 0. The summed E-state index contributed by atoms with van der Waals surface area (Å²) in [6.07, 6.45) is 16.9. The summed E-state index contributed by atoms with van der Waals surface area (Å²) >= 11 is 2.11. The van der Waals surface area contributed by atoms with Gasteiger partial charge >= 0.3 is 0 Å². The zero-order chi connectivity index (χ0) is 16.2. The van der Waals surface area contributed by atoms with E-state index in [1.807, 2.05) is 18.7 Å². The van der Waals surface area contributed by atoms with Crippen LogP contribution in [0.2, 0.25) is 0 Å². The highest BCUT2D eigenvalue weighted by Gasteiger charge is 2.05. The third kappa shape index (κ3) is 7.56. The van der Waals surface area contributed by atoms with Crippen LogP contribution in [0.1, 0.15) is 44.6 Å². The average molecular weight is 329 g/mol. The van der Waals surface area contributed by atoms with Crippen molar-refractivity contribution in [2.75, 3.05) is 5.75 Å². The Morgan fingerprint density at radius 3 is 2.78 bits per heavy atom. The monoisotopic (exact) mass is 328 g/mol. The van der Waals surface area contributed by atoms with Crippen molar-refractivity contribution in [2.45, 2.75) is 50.8 Å². The Kier molecular flexibility index (Phi) is 8.64. The Balaban J connectivity index is 1.81. The molecule has 0 aliphatic heterocycles. The van der Waals surface area contributed by atoms with Crippen LogP contribution < -0.4 is 0 Å². The predicted molar refractivity (Wildman–Crippen MR) is 103 cm³/mol. The summed E-state index contributed by atoms with van der Waals surface area (Å²) in [5.74, 6) is 1.27. The van der Waals surface area contributed by atoms with E-state index < -0.39 is 0 Å². The minimum absolute atomic E-state index is 0.607. The van der Waals surface area contributed by atoms with Gasteiger partial charge in [-0.15, -0.1) is 0 Å². The first kappa shape index (κ1) is 17.9. The SMILES string of the molecule is CCCCCSC(C=Cc1ccccc1)CCCn1ccnc1. The van der Waals surface area contributed by atoms with E-state index in [9.17, 15) is 0 Å². The van der Waals surface area contributed by atoms with E-state index in [1.54, 1.807) is 0 Å². The van der Waals surface area contributed by atoms with Gasteiger partial charge < -0.3 is 4.57 Å². The lowest BCUT2D eigenvalue weighted by Crippen LogP contribution is -2.03. The van der Waals surface area contributed by atoms with E-state index in [0.29, 0.717) is 5.25 Å². The Morgan fingerprint density at radius 2 is 2.04 bits per heavy atom. The highest BCUT2D eigenvalue weighted by Crippen LogP contribution is 2.21. The molecular formula is C20H28N2S. The maximum absolute atomic E-state index is 4.11. The first-order chi connectivity index (χ1) is 11.4. The molecule has 0 amide bonds. The molecular weight excluding hydrogens is 300 g/mol. The molecule has 0 saturated heterocycles. The number of unbranched alkanes of at least 4 members (excludes halogenated alkanes) is 2. The van der Waals surface area contributed by atoms with Gasteiger partial charge in [-0.2, -0.15) is 11.8 Å². The molecule has 0 aliphatic rings. The molecule has 0 saturated carbocycles. The third-order valence-corrected chi connectivity index (χ3v) is 5.19. The minimum atomic E-state index is 0.607. The van der Waals surface area contributed by atoms with Gasteiger partial charge in [-0.05, 0) is 30.6 Å². The van der Waals surface area contributed by atoms with Gasteiger partial charge in [0.15, 0.2) is 0 Å². The second-order valence-electron chi connectivity index (χ2n) is 5.83. The molecule has 1 aromatic carbocycles. The van der Waals surface area contributed by atoms with Crippen LogP contribution in [0, 0.1) is 0 Å². The number of imidazole rings is 1. The molecule has 1 unspecified atom stereocenters. The van der Waals surface area contributed by atoms with Crippen molar-refractivity contribution in [3.05, 3.63) is 60.7 Å². The molecule has 2 rings (SSSR count). The van der Waals surface area contributed by atoms with Crippen LogP contribution in [0.3, 0.4) is 0 Å². The quantitative estimate of drug-likeness (QED) is 0.495. The smallest absolute Gasteiger partial charge is 0.0945 e. The molecule has 2 aromatic rings. The van der Waals surface area contributed by atoms with Gasteiger partial charge in [-0.3, -0.25) is 0 Å². The normalized spacial score (nSPS) is 12.7. The second-order valence-corrected chi connectivity index (χ2v) is 7.18. The van der Waals surface area contributed by atoms with Gasteiger partial charge in [-0.25, -0.2) is 4.98 Å². The maximum atomic E-state index is 4.11. The van der Waals surface area contributed by atoms with Crippen LogP contribution in [0.4, 0.5) is 0 Å². The van der Waals surface area contributed by atoms with Crippen LogP contribution >= 0.6 is 11.8 Å². The zero-order valence-corrected chi connectivity index (χ0v) is 14.9. The standard InChI is InChI=1S/C20H28N2S/c1-2-3-7-17-23-20(11-8-15-22-16-14-21-18-22)13-12-19-9-5-4-6-10-19/h4-6,9-10,12-14,16,18,20H,2-3,7-8,11,15,17H2,1H3. The topological polar surface area (TPSA) is 17.8 Å². The summed E-state index contributed by atoms with van der Waals surface area (Å²) < 4.78 is 2.17. The lowest BCUT2D eigenvalue weighted by molar-refractivity contribution is 0.618. The molecule has 0 bridgehead atoms. The van der Waals surface area contributed by atoms with Crippen molar-refractivity contribution >= 4 is 17.8 Å². The fourth-order valence-electron chi connectivity index (χ4n) is 2.50. The fourth-order valence-corrected chi connectivity index (χ4v) is 3.70. The van der Waals surface area contributed by atoms with Crippen LogP contribution in [0.5, 0.6) is 0 Å². The number of rotatable bonds is 11. The molecule has 0 aliphatic carbocycles.